The zero-order valence-electron chi connectivity index (χ0n) is 18.9. The molecule has 4 aliphatic rings. The number of carboxylic acids is 1. The van der Waals surface area contributed by atoms with Gasteiger partial charge < -0.3 is 15.0 Å². The number of anilines is 1. The largest absolute Gasteiger partial charge is 0.480 e. The summed E-state index contributed by atoms with van der Waals surface area (Å²) in [6.07, 6.45) is 0.788. The van der Waals surface area contributed by atoms with Gasteiger partial charge in [0, 0.05) is 35.8 Å². The minimum Gasteiger partial charge on any atom is -0.480 e. The molecule has 2 aliphatic carbocycles. The number of imide groups is 1. The molecule has 1 aromatic carbocycles. The van der Waals surface area contributed by atoms with Crippen molar-refractivity contribution in [2.75, 3.05) is 19.0 Å². The number of benzene rings is 1. The average molecular weight is 500 g/mol. The second-order valence-electron chi connectivity index (χ2n) is 10.0. The van der Waals surface area contributed by atoms with Crippen molar-refractivity contribution < 1.29 is 19.5 Å². The van der Waals surface area contributed by atoms with Gasteiger partial charge in [-0.05, 0) is 48.8 Å². The average Bonchev–Trinajstić information content (AvgIpc) is 3.52. The van der Waals surface area contributed by atoms with Gasteiger partial charge in [0.1, 0.15) is 6.04 Å². The molecule has 1 saturated heterocycles. The number of aliphatic carboxylic acids is 1. The van der Waals surface area contributed by atoms with Crippen LogP contribution in [-0.2, 0) is 14.4 Å². The minimum absolute atomic E-state index is 0.00690. The first-order valence-corrected chi connectivity index (χ1v) is 13.1. The molecule has 0 radical (unpaired) electrons. The van der Waals surface area contributed by atoms with Crippen LogP contribution in [0.3, 0.4) is 0 Å². The molecule has 2 N–H and O–H groups in total. The third-order valence-corrected chi connectivity index (χ3v) is 10.9. The van der Waals surface area contributed by atoms with E-state index in [2.05, 4.69) is 29.2 Å². The Morgan fingerprint density at radius 3 is 2.38 bits per heavy atom. The number of carboxylic acid groups (broad SMARTS) is 1. The zero-order valence-corrected chi connectivity index (χ0v) is 20.6. The van der Waals surface area contributed by atoms with E-state index in [4.69, 9.17) is 0 Å². The highest BCUT2D eigenvalue weighted by Gasteiger charge is 2.70. The predicted molar refractivity (Wildman–Crippen MR) is 128 cm³/mol. The number of amides is 2. The Kier molecular flexibility index (Phi) is 4.80. The van der Waals surface area contributed by atoms with E-state index in [0.29, 0.717) is 0 Å². The number of likely N-dealkylation sites (tertiary alicyclic amines) is 1. The third-order valence-electron chi connectivity index (χ3n) is 8.27. The number of fused-ring (bicyclic) bond motifs is 9. The van der Waals surface area contributed by atoms with Crippen molar-refractivity contribution in [3.63, 3.8) is 0 Å². The van der Waals surface area contributed by atoms with Crippen molar-refractivity contribution in [3.8, 4) is 0 Å². The summed E-state index contributed by atoms with van der Waals surface area (Å²) in [5.74, 6) is -2.73. The molecule has 2 amide bonds. The first kappa shape index (κ1) is 21.9. The van der Waals surface area contributed by atoms with E-state index in [1.807, 2.05) is 19.0 Å². The van der Waals surface area contributed by atoms with E-state index in [1.165, 1.54) is 18.3 Å². The molecular weight excluding hydrogens is 474 g/mol. The van der Waals surface area contributed by atoms with E-state index >= 15 is 0 Å². The summed E-state index contributed by atoms with van der Waals surface area (Å²) in [5.41, 5.74) is 2.19. The van der Waals surface area contributed by atoms with Crippen LogP contribution in [0.15, 0.2) is 34.1 Å². The lowest BCUT2D eigenvalue weighted by atomic mass is 9.68. The lowest BCUT2D eigenvalue weighted by Gasteiger charge is -2.43. The highest BCUT2D eigenvalue weighted by atomic mass is 32.2. The third kappa shape index (κ3) is 2.84. The van der Waals surface area contributed by atoms with Crippen LogP contribution in [0.4, 0.5) is 5.69 Å². The molecule has 2 saturated carbocycles. The maximum absolute atomic E-state index is 13.4. The molecule has 0 spiro atoms. The molecule has 10 heteroatoms. The Morgan fingerprint density at radius 2 is 1.76 bits per heavy atom. The zero-order chi connectivity index (χ0) is 24.0. The van der Waals surface area contributed by atoms with Gasteiger partial charge in [0.2, 0.25) is 11.8 Å². The number of carbonyl (C=O) groups excluding carboxylic acids is 2. The molecule has 3 fully saturated rings. The van der Waals surface area contributed by atoms with Gasteiger partial charge in [0.05, 0.1) is 16.9 Å². The van der Waals surface area contributed by atoms with Crippen LogP contribution >= 0.6 is 23.1 Å². The molecule has 2 bridgehead atoms. The van der Waals surface area contributed by atoms with Gasteiger partial charge >= 0.3 is 10.8 Å². The summed E-state index contributed by atoms with van der Waals surface area (Å²) in [5, 5.41) is 10.4. The fraction of sp³-hybridized carbons (Fsp3) is 0.500. The fourth-order valence-electron chi connectivity index (χ4n) is 6.89. The molecule has 8 unspecified atom stereocenters. The van der Waals surface area contributed by atoms with Crippen LogP contribution < -0.4 is 9.77 Å². The first-order chi connectivity index (χ1) is 16.2. The molecule has 2 aliphatic heterocycles. The lowest BCUT2D eigenvalue weighted by molar-refractivity contribution is -0.154. The van der Waals surface area contributed by atoms with Crippen LogP contribution in [0.5, 0.6) is 0 Å². The van der Waals surface area contributed by atoms with Crippen LogP contribution in [0.2, 0.25) is 0 Å². The number of thiazole rings is 1. The van der Waals surface area contributed by atoms with Crippen LogP contribution in [0.25, 0.3) is 0 Å². The number of rotatable bonds is 4. The number of nitrogens with zero attached hydrogens (tertiary/aromatic N) is 2. The summed E-state index contributed by atoms with van der Waals surface area (Å²) in [6, 6.07) is 7.18. The summed E-state index contributed by atoms with van der Waals surface area (Å²) in [4.78, 5) is 57.6. The van der Waals surface area contributed by atoms with Gasteiger partial charge in [0.25, 0.3) is 0 Å². The molecule has 3 heterocycles. The lowest BCUT2D eigenvalue weighted by Crippen LogP contribution is -2.44. The van der Waals surface area contributed by atoms with E-state index < -0.39 is 23.8 Å². The number of hydrogen-bond donors (Lipinski definition) is 2. The number of thioether (sulfide) groups is 1. The number of aromatic nitrogens is 1. The molecule has 6 rings (SSSR count). The molecule has 2 aromatic rings. The normalized spacial score (nSPS) is 34.1. The van der Waals surface area contributed by atoms with E-state index in [0.717, 1.165) is 32.5 Å². The van der Waals surface area contributed by atoms with Crippen LogP contribution in [-0.4, -0.2) is 58.2 Å². The summed E-state index contributed by atoms with van der Waals surface area (Å²) in [7, 11) is 3.97. The summed E-state index contributed by atoms with van der Waals surface area (Å²) >= 11 is 2.87. The van der Waals surface area contributed by atoms with Crippen molar-refractivity contribution in [2.24, 2.45) is 29.6 Å². The Morgan fingerprint density at radius 1 is 1.12 bits per heavy atom. The minimum atomic E-state index is -1.17. The molecule has 34 heavy (non-hydrogen) atoms. The van der Waals surface area contributed by atoms with Crippen molar-refractivity contribution in [1.29, 1.82) is 0 Å². The van der Waals surface area contributed by atoms with E-state index in [-0.39, 0.29) is 45.6 Å². The van der Waals surface area contributed by atoms with Crippen molar-refractivity contribution in [2.45, 2.75) is 35.6 Å². The highest BCUT2D eigenvalue weighted by molar-refractivity contribution is 8.00. The SMILES string of the molecule is CC(C(=O)O)N1C(=O)C2C3CC(C2C1=O)C1C(c2ccc(N(C)C)cc2)c2sc(=O)[nH]c2SC31. The predicted octanol–water partition coefficient (Wildman–Crippen LogP) is 2.45. The number of nitrogens with one attached hydrogen (secondary N) is 1. The number of aromatic amines is 1. The van der Waals surface area contributed by atoms with Gasteiger partial charge in [0.15, 0.2) is 0 Å². The summed E-state index contributed by atoms with van der Waals surface area (Å²) in [6.45, 7) is 1.40. The maximum atomic E-state index is 13.4. The second-order valence-corrected chi connectivity index (χ2v) is 12.2. The van der Waals surface area contributed by atoms with Gasteiger partial charge in [-0.15, -0.1) is 11.8 Å². The monoisotopic (exact) mass is 499 g/mol. The van der Waals surface area contributed by atoms with Gasteiger partial charge in [-0.1, -0.05) is 23.5 Å². The van der Waals surface area contributed by atoms with Crippen LogP contribution in [0, 0.1) is 29.6 Å². The fourth-order valence-corrected chi connectivity index (χ4v) is 9.77. The van der Waals surface area contributed by atoms with Crippen LogP contribution in [0.1, 0.15) is 29.7 Å². The van der Waals surface area contributed by atoms with Gasteiger partial charge in [-0.2, -0.15) is 0 Å². The standard InChI is InChI=1S/C24H25N3O5S2/c1-9(23(30)31)27-21(28)16-12-8-13(17(16)22(27)29)18-15(12)14(19-20(33-18)25-24(32)34-19)10-4-6-11(7-5-10)26(2)3/h4-7,9,12-18H,8H2,1-3H3,(H,25,32)(H,30,31). The molecule has 8 nitrogen and oxygen atoms in total. The van der Waals surface area contributed by atoms with Gasteiger partial charge in [-0.25, -0.2) is 4.79 Å². The second kappa shape index (κ2) is 7.45. The number of carbonyl (C=O) groups is 3. The van der Waals surface area contributed by atoms with E-state index in [9.17, 15) is 24.3 Å². The molecule has 1 aromatic heterocycles. The van der Waals surface area contributed by atoms with Crippen molar-refractivity contribution in [1.82, 2.24) is 9.88 Å². The number of H-pyrrole nitrogens is 1. The Hall–Kier alpha value is -2.59. The molecule has 8 atom stereocenters. The van der Waals surface area contributed by atoms with E-state index in [1.54, 1.807) is 11.8 Å². The van der Waals surface area contributed by atoms with Crippen molar-refractivity contribution in [3.05, 3.63) is 44.4 Å². The number of hydrogen-bond acceptors (Lipinski definition) is 7. The van der Waals surface area contributed by atoms with Crippen molar-refractivity contribution >= 4 is 46.6 Å². The summed E-state index contributed by atoms with van der Waals surface area (Å²) < 4.78 is 0. The quantitative estimate of drug-likeness (QED) is 0.622. The Bertz CT molecular complexity index is 1270. The van der Waals surface area contributed by atoms with Gasteiger partial charge in [-0.3, -0.25) is 19.3 Å². The molecule has 178 valence electrons. The smallest absolute Gasteiger partial charge is 0.326 e. The first-order valence-electron chi connectivity index (χ1n) is 11.5. The Labute approximate surface area is 204 Å². The maximum Gasteiger partial charge on any atom is 0.326 e. The molecular formula is C24H25N3O5S2. The topological polar surface area (TPSA) is 111 Å². The highest BCUT2D eigenvalue weighted by Crippen LogP contribution is 2.68. The Balaban J connectivity index is 1.43.